The number of ether oxygens (including phenoxy) is 21. The number of aliphatic hydroxyl groups is 30. The minimum Gasteiger partial charge on any atom is -0.394 e. The Morgan fingerprint density at radius 1 is 0.211 bits per heavy atom. The molecule has 0 spiro atoms. The Morgan fingerprint density at radius 2 is 0.474 bits per heavy atom. The topological polar surface area (TPSA) is 917 Å². The molecular weight excluding hydrogens is 1820 g/mol. The van der Waals surface area contributed by atoms with E-state index < -0.39 is 427 Å². The number of rotatable bonds is 34. The van der Waals surface area contributed by atoms with Gasteiger partial charge in [0.2, 0.25) is 23.6 Å². The molecule has 11 heterocycles. The van der Waals surface area contributed by atoms with E-state index in [2.05, 4.69) is 21.3 Å². The van der Waals surface area contributed by atoms with Crippen LogP contribution in [0.3, 0.4) is 0 Å². The molecule has 11 rings (SSSR count). The summed E-state index contributed by atoms with van der Waals surface area (Å²) >= 11 is 0. The quantitative estimate of drug-likeness (QED) is 0.0284. The van der Waals surface area contributed by atoms with Gasteiger partial charge in [-0.15, -0.1) is 0 Å². The van der Waals surface area contributed by atoms with Crippen LogP contribution in [0.5, 0.6) is 0 Å². The number of amides is 4. The number of aliphatic hydroxyl groups excluding tert-OH is 30. The van der Waals surface area contributed by atoms with Gasteiger partial charge in [0.15, 0.2) is 69.2 Å². The van der Waals surface area contributed by atoms with Crippen LogP contribution in [0, 0.1) is 0 Å². The molecule has 11 fully saturated rings. The Kier molecular flexibility index (Phi) is 39.1. The van der Waals surface area contributed by atoms with Crippen LogP contribution in [0.15, 0.2) is 0 Å². The molecule has 0 aromatic rings. The molecule has 11 saturated heterocycles. The van der Waals surface area contributed by atoms with Crippen molar-refractivity contribution in [2.75, 3.05) is 66.1 Å². The van der Waals surface area contributed by atoms with Crippen molar-refractivity contribution in [3.63, 3.8) is 0 Å². The molecule has 59 nitrogen and oxygen atoms in total. The molecular formula is C74H124N4O55. The maximum atomic E-state index is 13.5. The van der Waals surface area contributed by atoms with E-state index in [-0.39, 0.29) is 0 Å². The first-order valence-corrected chi connectivity index (χ1v) is 42.5. The van der Waals surface area contributed by atoms with Gasteiger partial charge in [0.05, 0.1) is 72.2 Å². The Labute approximate surface area is 752 Å². The Morgan fingerprint density at radius 3 is 0.910 bits per heavy atom. The van der Waals surface area contributed by atoms with Crippen LogP contribution in [0.1, 0.15) is 34.6 Å². The van der Waals surface area contributed by atoms with Gasteiger partial charge in [0, 0.05) is 27.7 Å². The zero-order chi connectivity index (χ0) is 97.8. The van der Waals surface area contributed by atoms with Crippen molar-refractivity contribution in [1.82, 2.24) is 21.3 Å². The highest BCUT2D eigenvalue weighted by molar-refractivity contribution is 5.74. The molecule has 11 aliphatic heterocycles. The van der Waals surface area contributed by atoms with Crippen molar-refractivity contribution in [3.8, 4) is 0 Å². The second kappa shape index (κ2) is 47.6. The summed E-state index contributed by atoms with van der Waals surface area (Å²) in [4.78, 5) is 52.5. The van der Waals surface area contributed by atoms with Gasteiger partial charge in [0.25, 0.3) is 0 Å². The lowest BCUT2D eigenvalue weighted by Crippen LogP contribution is -2.71. The smallest absolute Gasteiger partial charge is 0.217 e. The molecule has 0 aromatic heterocycles. The van der Waals surface area contributed by atoms with Crippen molar-refractivity contribution in [1.29, 1.82) is 0 Å². The summed E-state index contributed by atoms with van der Waals surface area (Å²) in [5.41, 5.74) is 0. The Bertz CT molecular complexity index is 3630. The number of carbonyl (C=O) groups is 4. The van der Waals surface area contributed by atoms with Crippen molar-refractivity contribution in [2.24, 2.45) is 0 Å². The molecule has 0 bridgehead atoms. The van der Waals surface area contributed by atoms with Gasteiger partial charge >= 0.3 is 0 Å². The minimum atomic E-state index is -2.83. The molecule has 0 saturated carbocycles. The zero-order valence-corrected chi connectivity index (χ0v) is 71.4. The van der Waals surface area contributed by atoms with Crippen molar-refractivity contribution in [3.05, 3.63) is 0 Å². The van der Waals surface area contributed by atoms with E-state index in [0.717, 1.165) is 27.7 Å². The Hall–Kier alpha value is -4.16. The van der Waals surface area contributed by atoms with Gasteiger partial charge in [-0.25, -0.2) is 0 Å². The third-order valence-corrected chi connectivity index (χ3v) is 24.5. The summed E-state index contributed by atoms with van der Waals surface area (Å²) in [7, 11) is 0. The lowest BCUT2D eigenvalue weighted by Gasteiger charge is -2.52. The number of carbonyl (C=O) groups excluding carboxylic acids is 4. The highest BCUT2D eigenvalue weighted by Crippen LogP contribution is 2.42. The van der Waals surface area contributed by atoms with E-state index in [1.54, 1.807) is 0 Å². The Balaban J connectivity index is 1.02. The molecule has 1 unspecified atom stereocenters. The van der Waals surface area contributed by atoms with Crippen molar-refractivity contribution in [2.45, 2.75) is 372 Å². The van der Waals surface area contributed by atoms with E-state index in [4.69, 9.17) is 99.5 Å². The molecule has 34 N–H and O–H groups in total. The fraction of sp³-hybridized carbons (Fsp3) is 0.946. The van der Waals surface area contributed by atoms with E-state index in [0.29, 0.717) is 0 Å². The predicted octanol–water partition coefficient (Wildman–Crippen LogP) is -23.4. The fourth-order valence-electron chi connectivity index (χ4n) is 17.2. The second-order valence-corrected chi connectivity index (χ2v) is 33.8. The second-order valence-electron chi connectivity index (χ2n) is 33.8. The average molecular weight is 1950 g/mol. The maximum Gasteiger partial charge on any atom is 0.217 e. The standard InChI is InChI=1S/C74H124N4O55/c1-16-35(90)46(101)51(106)68(116-16)114-14-29-59(43(98)31(64(112)117-29)75-17(2)86)127-66-33(77-19(4)88)44(99)58(27(12-85)123-66)129-73-56(111)62(132-74-63(50(105)40(95)25(10-83)122-74)133-67-34(78-20(5)89)45(100)57(26(11-84)124-67)128-71-53(108)48(103)38(93)23(8-81)120-71)60(130-65-32(76-18(3)87)42(97)36(91)21(6-79)118-65)30(126-73)15-115-70-55(110)61(131-72-54(109)49(104)39(94)24(9-82)121-72)41(96)28(125-70)13-113-69-52(107)47(102)37(92)22(7-80)119-69/h16,21-74,79-85,90-112H,6-15H2,1-5H3,(H,75,86)(H,76,87)(H,77,88)(H,78,89)/t16-,21+,22+,23+,24+,25+,26+,27+,28+,29+,30+,31+,32+,33+,34+,35+,36+,37+,38-,39+,40+,41+,42+,43+,44+,45+,46+,47-,48-,49-,50-,51-,52-,53+,54-,55-,56-,57+,58+,59+,60+,61-,62+,63-,64?,65-,66-,67-,68+,69-,70-,71-,72+,73-,74+/m0/s1. The molecule has 0 aliphatic carbocycles. The van der Waals surface area contributed by atoms with Crippen LogP contribution in [0.2, 0.25) is 0 Å². The summed E-state index contributed by atoms with van der Waals surface area (Å²) in [6, 6.07) is -8.10. The molecule has 59 heteroatoms. The summed E-state index contributed by atoms with van der Waals surface area (Å²) in [5.74, 6) is -4.00. The third-order valence-electron chi connectivity index (χ3n) is 24.5. The SMILES string of the molecule is CC(=O)N[C@H]1[C@H](O[C@H]2[C@H](O)[C@@H](NC(C)=O)C(O)O[C@@H]2CO[C@@H]2O[C@@H](C)[C@@H](O)[C@@H](O)[C@@H]2O)O[C@H](CO)[C@@H](O[C@@H]2O[C@H](CO[C@H]3O[C@H](CO[C@H]4O[C@H](CO)[C@@H](O)[C@H](O)[C@@H]4O)[C@@H](O)[C@H](O[C@H]4O[C@H](CO)[C@@H](O)[C@H](O)[C@@H]4O)[C@@H]3O)[C@@H](O[C@@H]3O[C@H](CO)[C@@H](O)[C@H](O)[C@H]3NC(C)=O)[C@H](O[C@H]3O[C@H](CO)[C@@H](O)[C@H](O)[C@@H]3O[C@@H]3O[C@H](CO)[C@@H](O[C@@H]4O[C@H](CO)[C@H](O)[C@H](O)[C@H]4O)[C@H](O)[C@H]3NC(C)=O)[C@@H]2O)[C@@H]1O. The lowest BCUT2D eigenvalue weighted by atomic mass is 9.93. The van der Waals surface area contributed by atoms with Crippen LogP contribution < -0.4 is 21.3 Å². The van der Waals surface area contributed by atoms with E-state index in [1.165, 1.54) is 6.92 Å². The van der Waals surface area contributed by atoms with Gasteiger partial charge in [-0.1, -0.05) is 0 Å². The van der Waals surface area contributed by atoms with Crippen LogP contribution in [0.4, 0.5) is 0 Å². The summed E-state index contributed by atoms with van der Waals surface area (Å²) in [6.07, 6.45) is -111. The normalized spacial score (nSPS) is 50.1. The van der Waals surface area contributed by atoms with Gasteiger partial charge in [-0.3, -0.25) is 19.2 Å². The summed E-state index contributed by atoms with van der Waals surface area (Å²) < 4.78 is 127. The molecule has 11 aliphatic rings. The molecule has 0 aromatic carbocycles. The largest absolute Gasteiger partial charge is 0.394 e. The van der Waals surface area contributed by atoms with E-state index >= 15 is 0 Å². The van der Waals surface area contributed by atoms with Gasteiger partial charge in [-0.2, -0.15) is 0 Å². The highest BCUT2D eigenvalue weighted by atomic mass is 16.8. The molecule has 133 heavy (non-hydrogen) atoms. The minimum absolute atomic E-state index is 0.882. The van der Waals surface area contributed by atoms with Crippen LogP contribution >= 0.6 is 0 Å². The molecule has 4 amide bonds. The van der Waals surface area contributed by atoms with E-state index in [9.17, 15) is 172 Å². The monoisotopic (exact) mass is 1950 g/mol. The van der Waals surface area contributed by atoms with Crippen molar-refractivity contribution < 1.29 is 272 Å². The van der Waals surface area contributed by atoms with E-state index in [1.807, 2.05) is 0 Å². The summed E-state index contributed by atoms with van der Waals surface area (Å²) in [5, 5.41) is 347. The molecule has 0 radical (unpaired) electrons. The highest BCUT2D eigenvalue weighted by Gasteiger charge is 2.63. The molecule has 55 atom stereocenters. The lowest BCUT2D eigenvalue weighted by molar-refractivity contribution is -0.408. The van der Waals surface area contributed by atoms with Crippen LogP contribution in [0.25, 0.3) is 0 Å². The maximum absolute atomic E-state index is 13.5. The number of hydrogen-bond donors (Lipinski definition) is 34. The number of hydrogen-bond acceptors (Lipinski definition) is 55. The number of nitrogens with one attached hydrogen (secondary N) is 4. The zero-order valence-electron chi connectivity index (χ0n) is 71.4. The van der Waals surface area contributed by atoms with Gasteiger partial charge in [0.1, 0.15) is 262 Å². The fourth-order valence-corrected chi connectivity index (χ4v) is 17.2. The first-order valence-electron chi connectivity index (χ1n) is 42.5. The van der Waals surface area contributed by atoms with Gasteiger partial charge in [-0.05, 0) is 6.92 Å². The van der Waals surface area contributed by atoms with Crippen LogP contribution in [-0.2, 0) is 119 Å². The average Bonchev–Trinajstić information content (AvgIpc) is 0.751. The first kappa shape index (κ1) is 109. The summed E-state index contributed by atoms with van der Waals surface area (Å²) in [6.45, 7) is -6.71. The van der Waals surface area contributed by atoms with Crippen molar-refractivity contribution >= 4 is 23.6 Å². The first-order chi connectivity index (χ1) is 62.9. The molecule has 770 valence electrons. The third kappa shape index (κ3) is 24.3. The van der Waals surface area contributed by atoms with Crippen LogP contribution in [-0.4, -0.2) is 580 Å². The predicted molar refractivity (Wildman–Crippen MR) is 407 cm³/mol. The van der Waals surface area contributed by atoms with Gasteiger partial charge < -0.3 is 274 Å².